The van der Waals surface area contributed by atoms with Gasteiger partial charge in [0.1, 0.15) is 0 Å². The SMILES string of the molecule is CCCOc1ccc(/C=N\NC(=O)C(=O)NC2CCCC2)cc1OCC. The predicted octanol–water partition coefficient (Wildman–Crippen LogP) is 2.38. The number of nitrogens with one attached hydrogen (secondary N) is 2. The molecule has 26 heavy (non-hydrogen) atoms. The van der Waals surface area contributed by atoms with E-state index in [-0.39, 0.29) is 6.04 Å². The average molecular weight is 361 g/mol. The van der Waals surface area contributed by atoms with Crippen LogP contribution in [0.5, 0.6) is 11.5 Å². The van der Waals surface area contributed by atoms with Crippen LogP contribution in [-0.2, 0) is 9.59 Å². The highest BCUT2D eigenvalue weighted by atomic mass is 16.5. The third kappa shape index (κ3) is 6.06. The normalized spacial score (nSPS) is 14.4. The fourth-order valence-corrected chi connectivity index (χ4v) is 2.74. The average Bonchev–Trinajstić information content (AvgIpc) is 3.14. The molecule has 0 unspecified atom stereocenters. The fraction of sp³-hybridized carbons (Fsp3) is 0.526. The van der Waals surface area contributed by atoms with Gasteiger partial charge in [-0.05, 0) is 49.9 Å². The summed E-state index contributed by atoms with van der Waals surface area (Å²) in [5, 5.41) is 6.57. The standard InChI is InChI=1S/C19H27N3O4/c1-3-11-26-16-10-9-14(12-17(16)25-4-2)13-20-22-19(24)18(23)21-15-7-5-6-8-15/h9-10,12-13,15H,3-8,11H2,1-2H3,(H,21,23)(H,22,24)/b20-13-. The Hall–Kier alpha value is -2.57. The number of hydrogen-bond donors (Lipinski definition) is 2. The molecule has 7 heteroatoms. The van der Waals surface area contributed by atoms with Gasteiger partial charge in [0.2, 0.25) is 0 Å². The van der Waals surface area contributed by atoms with Gasteiger partial charge in [-0.3, -0.25) is 9.59 Å². The lowest BCUT2D eigenvalue weighted by molar-refractivity contribution is -0.139. The second-order valence-corrected chi connectivity index (χ2v) is 6.14. The number of hydrazone groups is 1. The fourth-order valence-electron chi connectivity index (χ4n) is 2.74. The summed E-state index contributed by atoms with van der Waals surface area (Å²) >= 11 is 0. The summed E-state index contributed by atoms with van der Waals surface area (Å²) in [6.45, 7) is 5.06. The van der Waals surface area contributed by atoms with Crippen LogP contribution < -0.4 is 20.2 Å². The van der Waals surface area contributed by atoms with E-state index >= 15 is 0 Å². The van der Waals surface area contributed by atoms with E-state index in [1.807, 2.05) is 19.9 Å². The molecular weight excluding hydrogens is 334 g/mol. The molecule has 2 N–H and O–H groups in total. The molecule has 0 spiro atoms. The van der Waals surface area contributed by atoms with E-state index in [1.165, 1.54) is 6.21 Å². The van der Waals surface area contributed by atoms with Crippen molar-refractivity contribution in [2.45, 2.75) is 52.0 Å². The minimum absolute atomic E-state index is 0.0987. The van der Waals surface area contributed by atoms with Crippen LogP contribution in [0.3, 0.4) is 0 Å². The smallest absolute Gasteiger partial charge is 0.329 e. The van der Waals surface area contributed by atoms with Crippen LogP contribution in [0.25, 0.3) is 0 Å². The Morgan fingerprint density at radius 1 is 1.15 bits per heavy atom. The predicted molar refractivity (Wildman–Crippen MR) is 99.5 cm³/mol. The Labute approximate surface area is 154 Å². The van der Waals surface area contributed by atoms with Crippen LogP contribution in [0.1, 0.15) is 51.5 Å². The minimum Gasteiger partial charge on any atom is -0.490 e. The number of carbonyl (C=O) groups is 2. The first-order chi connectivity index (χ1) is 12.6. The number of rotatable bonds is 8. The molecule has 1 aromatic carbocycles. The highest BCUT2D eigenvalue weighted by Crippen LogP contribution is 2.28. The highest BCUT2D eigenvalue weighted by Gasteiger charge is 2.20. The van der Waals surface area contributed by atoms with Crippen molar-refractivity contribution in [1.82, 2.24) is 10.7 Å². The summed E-state index contributed by atoms with van der Waals surface area (Å²) in [6.07, 6.45) is 6.40. The van der Waals surface area contributed by atoms with Crippen LogP contribution in [0.4, 0.5) is 0 Å². The summed E-state index contributed by atoms with van der Waals surface area (Å²) in [4.78, 5) is 23.6. The lowest BCUT2D eigenvalue weighted by Gasteiger charge is -2.12. The van der Waals surface area contributed by atoms with Gasteiger partial charge in [-0.15, -0.1) is 0 Å². The van der Waals surface area contributed by atoms with Gasteiger partial charge in [0.15, 0.2) is 11.5 Å². The van der Waals surface area contributed by atoms with Gasteiger partial charge in [-0.25, -0.2) is 5.43 Å². The molecule has 0 radical (unpaired) electrons. The van der Waals surface area contributed by atoms with Crippen molar-refractivity contribution in [3.05, 3.63) is 23.8 Å². The van der Waals surface area contributed by atoms with Gasteiger partial charge < -0.3 is 14.8 Å². The molecule has 0 aromatic heterocycles. The molecule has 1 aromatic rings. The van der Waals surface area contributed by atoms with Crippen molar-refractivity contribution in [3.8, 4) is 11.5 Å². The van der Waals surface area contributed by atoms with Crippen molar-refractivity contribution in [2.75, 3.05) is 13.2 Å². The van der Waals surface area contributed by atoms with Crippen LogP contribution in [-0.4, -0.2) is 37.3 Å². The molecule has 0 atom stereocenters. The first-order valence-electron chi connectivity index (χ1n) is 9.17. The molecule has 0 heterocycles. The number of benzene rings is 1. The summed E-state index contributed by atoms with van der Waals surface area (Å²) in [5.74, 6) is -0.116. The molecular formula is C19H27N3O4. The van der Waals surface area contributed by atoms with E-state index in [2.05, 4.69) is 15.8 Å². The van der Waals surface area contributed by atoms with Gasteiger partial charge in [-0.1, -0.05) is 19.8 Å². The van der Waals surface area contributed by atoms with Crippen molar-refractivity contribution < 1.29 is 19.1 Å². The Bertz CT molecular complexity index is 640. The number of ether oxygens (including phenoxy) is 2. The second kappa shape index (κ2) is 10.4. The third-order valence-corrected chi connectivity index (χ3v) is 4.01. The first kappa shape index (κ1) is 19.8. The molecule has 1 aliphatic carbocycles. The maximum Gasteiger partial charge on any atom is 0.329 e. The molecule has 142 valence electrons. The van der Waals surface area contributed by atoms with Crippen LogP contribution >= 0.6 is 0 Å². The largest absolute Gasteiger partial charge is 0.490 e. The zero-order valence-corrected chi connectivity index (χ0v) is 15.4. The van der Waals surface area contributed by atoms with E-state index in [1.54, 1.807) is 12.1 Å². The molecule has 1 saturated carbocycles. The topological polar surface area (TPSA) is 89.0 Å². The van der Waals surface area contributed by atoms with Crippen LogP contribution in [0.2, 0.25) is 0 Å². The van der Waals surface area contributed by atoms with Crippen LogP contribution in [0.15, 0.2) is 23.3 Å². The zero-order valence-electron chi connectivity index (χ0n) is 15.4. The van der Waals surface area contributed by atoms with Gasteiger partial charge in [-0.2, -0.15) is 5.10 Å². The van der Waals surface area contributed by atoms with Gasteiger partial charge in [0.25, 0.3) is 0 Å². The maximum absolute atomic E-state index is 11.8. The van der Waals surface area contributed by atoms with Crippen molar-refractivity contribution >= 4 is 18.0 Å². The molecule has 7 nitrogen and oxygen atoms in total. The summed E-state index contributed by atoms with van der Waals surface area (Å²) in [7, 11) is 0. The molecule has 0 saturated heterocycles. The van der Waals surface area contributed by atoms with Crippen molar-refractivity contribution in [2.24, 2.45) is 5.10 Å². The van der Waals surface area contributed by atoms with Gasteiger partial charge in [0.05, 0.1) is 19.4 Å². The van der Waals surface area contributed by atoms with Crippen molar-refractivity contribution in [3.63, 3.8) is 0 Å². The van der Waals surface area contributed by atoms with E-state index < -0.39 is 11.8 Å². The Balaban J connectivity index is 1.90. The quantitative estimate of drug-likeness (QED) is 0.423. The van der Waals surface area contributed by atoms with E-state index in [4.69, 9.17) is 9.47 Å². The van der Waals surface area contributed by atoms with E-state index in [0.29, 0.717) is 24.7 Å². The van der Waals surface area contributed by atoms with Gasteiger partial charge in [0, 0.05) is 6.04 Å². The molecule has 2 rings (SSSR count). The monoisotopic (exact) mass is 361 g/mol. The Morgan fingerprint density at radius 2 is 1.92 bits per heavy atom. The van der Waals surface area contributed by atoms with Gasteiger partial charge >= 0.3 is 11.8 Å². The third-order valence-electron chi connectivity index (χ3n) is 4.01. The Kier molecular flexibility index (Phi) is 7.92. The lowest BCUT2D eigenvalue weighted by Crippen LogP contribution is -2.42. The molecule has 0 bridgehead atoms. The maximum atomic E-state index is 11.8. The van der Waals surface area contributed by atoms with E-state index in [9.17, 15) is 9.59 Å². The van der Waals surface area contributed by atoms with Crippen LogP contribution in [0, 0.1) is 0 Å². The number of carbonyl (C=O) groups excluding carboxylic acids is 2. The molecule has 2 amide bonds. The number of nitrogens with zero attached hydrogens (tertiary/aromatic N) is 1. The summed E-state index contributed by atoms with van der Waals surface area (Å²) in [5.41, 5.74) is 2.98. The number of hydrogen-bond acceptors (Lipinski definition) is 5. The molecule has 0 aliphatic heterocycles. The number of amides is 2. The second-order valence-electron chi connectivity index (χ2n) is 6.14. The summed E-state index contributed by atoms with van der Waals surface area (Å²) < 4.78 is 11.2. The molecule has 1 aliphatic rings. The molecule has 1 fully saturated rings. The zero-order chi connectivity index (χ0) is 18.8. The summed E-state index contributed by atoms with van der Waals surface area (Å²) in [6, 6.07) is 5.49. The van der Waals surface area contributed by atoms with Crippen molar-refractivity contribution in [1.29, 1.82) is 0 Å². The lowest BCUT2D eigenvalue weighted by atomic mass is 10.2. The highest BCUT2D eigenvalue weighted by molar-refractivity contribution is 6.35. The Morgan fingerprint density at radius 3 is 2.62 bits per heavy atom. The first-order valence-corrected chi connectivity index (χ1v) is 9.17. The minimum atomic E-state index is -0.763. The van der Waals surface area contributed by atoms with E-state index in [0.717, 1.165) is 37.7 Å².